The Bertz CT molecular complexity index is 2570. The Morgan fingerprint density at radius 3 is 0.667 bits per heavy atom. The highest BCUT2D eigenvalue weighted by Gasteiger charge is 2.32. The monoisotopic (exact) mass is 981 g/mol. The molecule has 380 valence electrons. The van der Waals surface area contributed by atoms with Crippen LogP contribution in [-0.4, -0.2) is 12.2 Å². The lowest BCUT2D eigenvalue weighted by Gasteiger charge is -2.27. The summed E-state index contributed by atoms with van der Waals surface area (Å²) in [7, 11) is -3.82. The Balaban J connectivity index is 1.56. The van der Waals surface area contributed by atoms with Crippen molar-refractivity contribution in [3.63, 3.8) is 0 Å². The van der Waals surface area contributed by atoms with E-state index < -0.39 is 16.5 Å². The van der Waals surface area contributed by atoms with Crippen molar-refractivity contribution < 1.29 is 25.8 Å². The number of hydrogen-bond acceptors (Lipinski definition) is 6. The van der Waals surface area contributed by atoms with Crippen LogP contribution in [0.15, 0.2) is 65.3 Å². The minimum absolute atomic E-state index is 0.0907. The quantitative estimate of drug-likeness (QED) is 0.166. The summed E-state index contributed by atoms with van der Waals surface area (Å²) < 4.78 is 42.6. The predicted molar refractivity (Wildman–Crippen MR) is 299 cm³/mol. The molecule has 8 heteroatoms. The highest BCUT2D eigenvalue weighted by atomic mass is 31.1. The molecule has 0 N–H and O–H groups in total. The third-order valence-electron chi connectivity index (χ3n) is 13.5. The molecule has 6 nitrogen and oxygen atoms in total. The van der Waals surface area contributed by atoms with E-state index >= 15 is 0 Å². The maximum atomic E-state index is 7.15. The van der Waals surface area contributed by atoms with E-state index in [1.165, 1.54) is 22.3 Å². The van der Waals surface area contributed by atoms with E-state index in [4.69, 9.17) is 25.8 Å². The van der Waals surface area contributed by atoms with Crippen molar-refractivity contribution in [2.45, 2.75) is 242 Å². The van der Waals surface area contributed by atoms with Crippen molar-refractivity contribution in [3.8, 4) is 0 Å². The van der Waals surface area contributed by atoms with Crippen LogP contribution in [0.25, 0.3) is 43.9 Å². The molecule has 0 spiro atoms. The van der Waals surface area contributed by atoms with E-state index in [1.807, 2.05) is 0 Å². The number of rotatable bonds is 6. The maximum Gasteiger partial charge on any atom is 0.387 e. The lowest BCUT2D eigenvalue weighted by molar-refractivity contribution is 0.184. The number of benzene rings is 4. The van der Waals surface area contributed by atoms with Gasteiger partial charge >= 0.3 is 16.5 Å². The minimum Gasteiger partial charge on any atom is -0.399 e. The van der Waals surface area contributed by atoms with Gasteiger partial charge in [0.2, 0.25) is 0 Å². The van der Waals surface area contributed by atoms with Gasteiger partial charge in [0.05, 0.1) is 12.2 Å². The van der Waals surface area contributed by atoms with Gasteiger partial charge in [0.1, 0.15) is 22.3 Å². The normalized spacial score (nSPS) is 14.9. The molecule has 2 heterocycles. The van der Waals surface area contributed by atoms with Crippen LogP contribution < -0.4 is 9.05 Å². The van der Waals surface area contributed by atoms with E-state index in [0.717, 1.165) is 66.1 Å². The molecule has 0 aliphatic rings. The molecule has 0 unspecified atom stereocenters. The fraction of sp³-hybridized carbons (Fsp3) is 0.607. The van der Waals surface area contributed by atoms with E-state index in [0.29, 0.717) is 6.42 Å². The molecule has 6 aromatic rings. The van der Waals surface area contributed by atoms with Crippen molar-refractivity contribution in [2.24, 2.45) is 0 Å². The fourth-order valence-corrected chi connectivity index (χ4v) is 11.3. The maximum absolute atomic E-state index is 7.15. The zero-order valence-electron chi connectivity index (χ0n) is 47.8. The molecule has 6 rings (SSSR count). The zero-order valence-corrected chi connectivity index (χ0v) is 49.6. The average Bonchev–Trinajstić information content (AvgIpc) is 3.40. The first-order valence-electron chi connectivity index (χ1n) is 25.5. The molecular weight excluding hydrogens is 891 g/mol. The van der Waals surface area contributed by atoms with Gasteiger partial charge < -0.3 is 16.8 Å². The van der Waals surface area contributed by atoms with Gasteiger partial charge in [-0.05, 0) is 104 Å². The van der Waals surface area contributed by atoms with Gasteiger partial charge in [-0.2, -0.15) is 0 Å². The topological polar surface area (TPSA) is 71.0 Å². The van der Waals surface area contributed by atoms with Crippen LogP contribution in [0.5, 0.6) is 0 Å². The third-order valence-corrected chi connectivity index (χ3v) is 15.9. The van der Waals surface area contributed by atoms with Crippen molar-refractivity contribution in [2.75, 3.05) is 0 Å². The summed E-state index contributed by atoms with van der Waals surface area (Å²) in [5.41, 5.74) is 11.7. The highest BCUT2D eigenvalue weighted by molar-refractivity contribution is 7.32. The third kappa shape index (κ3) is 12.1. The number of hydrogen-bond donors (Lipinski definition) is 0. The molecule has 0 aliphatic carbocycles. The van der Waals surface area contributed by atoms with E-state index in [1.54, 1.807) is 0 Å². The van der Waals surface area contributed by atoms with Gasteiger partial charge in [-0.3, -0.25) is 9.05 Å². The standard InChI is InChI=1S/C61H90O6P2/c1-36(62-68-64-50-42(28-38(54(3,4)5)32-46(50)58(15,16)17)43-29-39(55(6,7)8)33-47(51(43)65-68)59(18,19)20)27-37(2)63-69-66-52-44(30-40(56(9,10)11)34-48(52)60(21,22)23)45-31-41(57(12,13)14)35-49(53(45)67-69)61(24,25)26/h28-37H,27H2,1-26H3/t36-,37-/m1/s1. The Labute approximate surface area is 419 Å². The Hall–Kier alpha value is -3.40. The van der Waals surface area contributed by atoms with Crippen molar-refractivity contribution >= 4 is 60.4 Å². The first-order chi connectivity index (χ1) is 31.0. The minimum atomic E-state index is -1.91. The van der Waals surface area contributed by atoms with Gasteiger partial charge in [0, 0.05) is 50.2 Å². The average molecular weight is 981 g/mol. The molecule has 2 aromatic heterocycles. The SMILES string of the molecule is C[C@H](C[C@@H](C)Op1oc2c(C(C)(C)C)cc(C(C)(C)C)cc2c2cc(C(C)(C)C)cc(C(C)(C)C)c2o1)Op1oc2c(C(C)(C)C)cc(C(C)(C)C)cc2c2cc(C(C)(C)C)cc(C(C)(C)C)c2o1. The van der Waals surface area contributed by atoms with Crippen LogP contribution >= 0.6 is 16.5 Å². The Morgan fingerprint density at radius 1 is 0.319 bits per heavy atom. The molecule has 0 saturated heterocycles. The van der Waals surface area contributed by atoms with Gasteiger partial charge in [-0.25, -0.2) is 0 Å². The van der Waals surface area contributed by atoms with E-state index in [9.17, 15) is 0 Å². The second-order valence-corrected chi connectivity index (χ2v) is 30.5. The molecular formula is C61H90O6P2. The highest BCUT2D eigenvalue weighted by Crippen LogP contribution is 2.48. The molecule has 0 amide bonds. The molecule has 0 bridgehead atoms. The van der Waals surface area contributed by atoms with Crippen LogP contribution in [0.2, 0.25) is 0 Å². The molecule has 0 fully saturated rings. The van der Waals surface area contributed by atoms with Crippen LogP contribution in [0.4, 0.5) is 0 Å². The van der Waals surface area contributed by atoms with Crippen molar-refractivity contribution in [3.05, 3.63) is 93.0 Å². The zero-order chi connectivity index (χ0) is 52.2. The summed E-state index contributed by atoms with van der Waals surface area (Å²) in [6, 6.07) is 18.7. The van der Waals surface area contributed by atoms with Gasteiger partial charge in [0.25, 0.3) is 0 Å². The summed E-state index contributed by atoms with van der Waals surface area (Å²) in [6.07, 6.45) is -0.0729. The number of fused-ring (bicyclic) bond motifs is 6. The van der Waals surface area contributed by atoms with E-state index in [2.05, 4.69) is 229 Å². The first-order valence-corrected chi connectivity index (χ1v) is 27.7. The molecule has 0 saturated carbocycles. The molecule has 2 atom stereocenters. The lowest BCUT2D eigenvalue weighted by atomic mass is 9.77. The molecule has 0 radical (unpaired) electrons. The first kappa shape index (κ1) is 54.9. The molecule has 69 heavy (non-hydrogen) atoms. The summed E-state index contributed by atoms with van der Waals surface area (Å²) in [6.45, 7) is 58.8. The largest absolute Gasteiger partial charge is 0.399 e. The smallest absolute Gasteiger partial charge is 0.387 e. The predicted octanol–water partition coefficient (Wildman–Crippen LogP) is 20.0. The van der Waals surface area contributed by atoms with Crippen molar-refractivity contribution in [1.29, 1.82) is 0 Å². The summed E-state index contributed by atoms with van der Waals surface area (Å²) >= 11 is 0. The van der Waals surface area contributed by atoms with Crippen LogP contribution in [-0.2, 0) is 43.3 Å². The summed E-state index contributed by atoms with van der Waals surface area (Å²) in [5.74, 6) is 0. The van der Waals surface area contributed by atoms with Crippen molar-refractivity contribution in [1.82, 2.24) is 0 Å². The summed E-state index contributed by atoms with van der Waals surface area (Å²) in [4.78, 5) is 0. The summed E-state index contributed by atoms with van der Waals surface area (Å²) in [5, 5.41) is 4.21. The molecule has 4 aromatic carbocycles. The fourth-order valence-electron chi connectivity index (χ4n) is 8.94. The van der Waals surface area contributed by atoms with Crippen LogP contribution in [0.1, 0.15) is 231 Å². The van der Waals surface area contributed by atoms with Gasteiger partial charge in [-0.15, -0.1) is 0 Å². The second-order valence-electron chi connectivity index (χ2n) is 28.5. The molecule has 0 aliphatic heterocycles. The van der Waals surface area contributed by atoms with Gasteiger partial charge in [0.15, 0.2) is 0 Å². The van der Waals surface area contributed by atoms with Crippen LogP contribution in [0, 0.1) is 0 Å². The Kier molecular flexibility index (Phi) is 14.5. The Morgan fingerprint density at radius 2 is 0.507 bits per heavy atom. The van der Waals surface area contributed by atoms with Crippen LogP contribution in [0.3, 0.4) is 0 Å². The van der Waals surface area contributed by atoms with Gasteiger partial charge in [-0.1, -0.05) is 190 Å². The van der Waals surface area contributed by atoms with E-state index in [-0.39, 0.29) is 55.5 Å². The second kappa shape index (κ2) is 18.3. The lowest BCUT2D eigenvalue weighted by Crippen LogP contribution is -2.21.